The van der Waals surface area contributed by atoms with Crippen LogP contribution in [0.3, 0.4) is 0 Å². The SMILES string of the molecule is COc1c(CCC=O)cccc1C(C)C. The molecule has 0 N–H and O–H groups in total. The molecule has 0 aliphatic rings. The fourth-order valence-electron chi connectivity index (χ4n) is 1.72. The number of benzene rings is 1. The number of rotatable bonds is 5. The second kappa shape index (κ2) is 5.54. The molecular formula is C13H18O2. The lowest BCUT2D eigenvalue weighted by atomic mass is 9.97. The van der Waals surface area contributed by atoms with Gasteiger partial charge in [0, 0.05) is 6.42 Å². The monoisotopic (exact) mass is 206 g/mol. The molecule has 0 amide bonds. The summed E-state index contributed by atoms with van der Waals surface area (Å²) in [6.45, 7) is 4.28. The van der Waals surface area contributed by atoms with E-state index >= 15 is 0 Å². The maximum atomic E-state index is 10.4. The molecule has 15 heavy (non-hydrogen) atoms. The van der Waals surface area contributed by atoms with Gasteiger partial charge in [0.1, 0.15) is 12.0 Å². The van der Waals surface area contributed by atoms with Gasteiger partial charge in [-0.3, -0.25) is 0 Å². The molecule has 0 saturated carbocycles. The summed E-state index contributed by atoms with van der Waals surface area (Å²) < 4.78 is 5.42. The van der Waals surface area contributed by atoms with Gasteiger partial charge in [0.15, 0.2) is 0 Å². The van der Waals surface area contributed by atoms with E-state index in [0.29, 0.717) is 12.3 Å². The summed E-state index contributed by atoms with van der Waals surface area (Å²) in [6.07, 6.45) is 2.26. The molecule has 82 valence electrons. The fraction of sp³-hybridized carbons (Fsp3) is 0.462. The Morgan fingerprint density at radius 1 is 1.40 bits per heavy atom. The van der Waals surface area contributed by atoms with Crippen molar-refractivity contribution >= 4 is 6.29 Å². The lowest BCUT2D eigenvalue weighted by Gasteiger charge is -2.15. The van der Waals surface area contributed by atoms with Crippen LogP contribution in [0.2, 0.25) is 0 Å². The van der Waals surface area contributed by atoms with Crippen LogP contribution in [0.4, 0.5) is 0 Å². The Morgan fingerprint density at radius 3 is 2.67 bits per heavy atom. The maximum absolute atomic E-state index is 10.4. The van der Waals surface area contributed by atoms with Crippen molar-refractivity contribution in [1.29, 1.82) is 0 Å². The minimum Gasteiger partial charge on any atom is -0.496 e. The highest BCUT2D eigenvalue weighted by Crippen LogP contribution is 2.30. The number of hydrogen-bond donors (Lipinski definition) is 0. The van der Waals surface area contributed by atoms with E-state index in [1.165, 1.54) is 5.56 Å². The zero-order chi connectivity index (χ0) is 11.3. The second-order valence-corrected chi connectivity index (χ2v) is 3.90. The molecular weight excluding hydrogens is 188 g/mol. The van der Waals surface area contributed by atoms with Crippen molar-refractivity contribution in [3.05, 3.63) is 29.3 Å². The number of carbonyl (C=O) groups is 1. The van der Waals surface area contributed by atoms with E-state index in [1.807, 2.05) is 12.1 Å². The maximum Gasteiger partial charge on any atom is 0.125 e. The van der Waals surface area contributed by atoms with Gasteiger partial charge < -0.3 is 9.53 Å². The average molecular weight is 206 g/mol. The van der Waals surface area contributed by atoms with Crippen LogP contribution in [0.15, 0.2) is 18.2 Å². The van der Waals surface area contributed by atoms with Gasteiger partial charge >= 0.3 is 0 Å². The Hall–Kier alpha value is -1.31. The first-order valence-corrected chi connectivity index (χ1v) is 5.30. The van der Waals surface area contributed by atoms with E-state index in [-0.39, 0.29) is 0 Å². The van der Waals surface area contributed by atoms with Gasteiger partial charge in [0.25, 0.3) is 0 Å². The molecule has 0 saturated heterocycles. The Bertz CT molecular complexity index is 329. The summed E-state index contributed by atoms with van der Waals surface area (Å²) >= 11 is 0. The van der Waals surface area contributed by atoms with Crippen molar-refractivity contribution in [2.45, 2.75) is 32.6 Å². The molecule has 0 atom stereocenters. The summed E-state index contributed by atoms with van der Waals surface area (Å²) in [5, 5.41) is 0. The van der Waals surface area contributed by atoms with Crippen molar-refractivity contribution in [2.24, 2.45) is 0 Å². The molecule has 1 aromatic rings. The van der Waals surface area contributed by atoms with E-state index in [9.17, 15) is 4.79 Å². The largest absolute Gasteiger partial charge is 0.496 e. The Morgan fingerprint density at radius 2 is 2.13 bits per heavy atom. The second-order valence-electron chi connectivity index (χ2n) is 3.90. The molecule has 2 heteroatoms. The van der Waals surface area contributed by atoms with Crippen LogP contribution < -0.4 is 4.74 Å². The minimum atomic E-state index is 0.441. The zero-order valence-electron chi connectivity index (χ0n) is 9.62. The van der Waals surface area contributed by atoms with Crippen molar-refractivity contribution in [3.8, 4) is 5.75 Å². The minimum absolute atomic E-state index is 0.441. The zero-order valence-corrected chi connectivity index (χ0v) is 9.62. The molecule has 0 radical (unpaired) electrons. The van der Waals surface area contributed by atoms with Crippen LogP contribution >= 0.6 is 0 Å². The highest BCUT2D eigenvalue weighted by Gasteiger charge is 2.10. The van der Waals surface area contributed by atoms with Crippen molar-refractivity contribution in [1.82, 2.24) is 0 Å². The molecule has 2 nitrogen and oxygen atoms in total. The highest BCUT2D eigenvalue weighted by molar-refractivity contribution is 5.52. The Kier molecular flexibility index (Phi) is 4.35. The third kappa shape index (κ3) is 2.82. The molecule has 0 aromatic heterocycles. The Labute approximate surface area is 91.3 Å². The van der Waals surface area contributed by atoms with Crippen molar-refractivity contribution in [3.63, 3.8) is 0 Å². The number of aldehydes is 1. The van der Waals surface area contributed by atoms with Crippen LogP contribution in [-0.2, 0) is 11.2 Å². The number of methoxy groups -OCH3 is 1. The van der Waals surface area contributed by atoms with Crippen LogP contribution in [0.1, 0.15) is 37.3 Å². The van der Waals surface area contributed by atoms with Gasteiger partial charge in [0.05, 0.1) is 7.11 Å². The highest BCUT2D eigenvalue weighted by atomic mass is 16.5. The lowest BCUT2D eigenvalue weighted by molar-refractivity contribution is -0.107. The number of hydrogen-bond acceptors (Lipinski definition) is 2. The molecule has 0 aliphatic carbocycles. The van der Waals surface area contributed by atoms with Gasteiger partial charge in [0.2, 0.25) is 0 Å². The Balaban J connectivity index is 3.04. The van der Waals surface area contributed by atoms with Crippen molar-refractivity contribution in [2.75, 3.05) is 7.11 Å². The van der Waals surface area contributed by atoms with Gasteiger partial charge in [-0.15, -0.1) is 0 Å². The first-order chi connectivity index (χ1) is 7.20. The quantitative estimate of drug-likeness (QED) is 0.692. The normalized spacial score (nSPS) is 10.4. The molecule has 0 bridgehead atoms. The number of para-hydroxylation sites is 1. The van der Waals surface area contributed by atoms with E-state index < -0.39 is 0 Å². The number of carbonyl (C=O) groups excluding carboxylic acids is 1. The molecule has 1 rings (SSSR count). The fourth-order valence-corrected chi connectivity index (χ4v) is 1.72. The van der Waals surface area contributed by atoms with E-state index in [2.05, 4.69) is 19.9 Å². The molecule has 0 unspecified atom stereocenters. The summed E-state index contributed by atoms with van der Waals surface area (Å²) in [4.78, 5) is 10.4. The van der Waals surface area contributed by atoms with Crippen LogP contribution in [0.25, 0.3) is 0 Å². The predicted molar refractivity (Wildman–Crippen MR) is 61.5 cm³/mol. The third-order valence-electron chi connectivity index (χ3n) is 2.48. The molecule has 0 spiro atoms. The first-order valence-electron chi connectivity index (χ1n) is 5.30. The molecule has 0 heterocycles. The number of aryl methyl sites for hydroxylation is 1. The van der Waals surface area contributed by atoms with E-state index in [1.54, 1.807) is 7.11 Å². The van der Waals surface area contributed by atoms with Gasteiger partial charge in [-0.05, 0) is 23.5 Å². The van der Waals surface area contributed by atoms with Crippen LogP contribution in [-0.4, -0.2) is 13.4 Å². The molecule has 0 fully saturated rings. The van der Waals surface area contributed by atoms with Gasteiger partial charge in [-0.1, -0.05) is 32.0 Å². The van der Waals surface area contributed by atoms with E-state index in [4.69, 9.17) is 4.74 Å². The van der Waals surface area contributed by atoms with Crippen LogP contribution in [0.5, 0.6) is 5.75 Å². The average Bonchev–Trinajstić information content (AvgIpc) is 2.25. The summed E-state index contributed by atoms with van der Waals surface area (Å²) in [5.74, 6) is 1.38. The predicted octanol–water partition coefficient (Wildman–Crippen LogP) is 2.95. The smallest absolute Gasteiger partial charge is 0.125 e. The summed E-state index contributed by atoms with van der Waals surface area (Å²) in [5.41, 5.74) is 2.33. The standard InChI is InChI=1S/C13H18O2/c1-10(2)12-8-4-6-11(7-5-9-14)13(12)15-3/h4,6,8-10H,5,7H2,1-3H3. The van der Waals surface area contributed by atoms with Crippen LogP contribution in [0, 0.1) is 0 Å². The molecule has 1 aromatic carbocycles. The topological polar surface area (TPSA) is 26.3 Å². The lowest BCUT2D eigenvalue weighted by Crippen LogP contribution is -1.99. The number of ether oxygens (including phenoxy) is 1. The van der Waals surface area contributed by atoms with Gasteiger partial charge in [-0.2, -0.15) is 0 Å². The van der Waals surface area contributed by atoms with Crippen molar-refractivity contribution < 1.29 is 9.53 Å². The van der Waals surface area contributed by atoms with E-state index in [0.717, 1.165) is 24.0 Å². The third-order valence-corrected chi connectivity index (χ3v) is 2.48. The molecule has 0 aliphatic heterocycles. The summed E-state index contributed by atoms with van der Waals surface area (Å²) in [6, 6.07) is 6.13. The van der Waals surface area contributed by atoms with Gasteiger partial charge in [-0.25, -0.2) is 0 Å². The summed E-state index contributed by atoms with van der Waals surface area (Å²) in [7, 11) is 1.69. The first kappa shape index (κ1) is 11.8.